The molecule has 0 aliphatic carbocycles. The van der Waals surface area contributed by atoms with Crippen LogP contribution in [0, 0.1) is 0 Å². The van der Waals surface area contributed by atoms with Gasteiger partial charge in [0.2, 0.25) is 0 Å². The van der Waals surface area contributed by atoms with Crippen molar-refractivity contribution >= 4 is 0 Å². The van der Waals surface area contributed by atoms with Crippen LogP contribution >= 0.6 is 0 Å². The predicted molar refractivity (Wildman–Crippen MR) is 160 cm³/mol. The molecule has 0 saturated carbocycles. The first-order valence-electron chi connectivity index (χ1n) is 13.5. The van der Waals surface area contributed by atoms with Crippen LogP contribution in [-0.2, 0) is 10.8 Å². The minimum absolute atomic E-state index is 0.0347. The minimum Gasteiger partial charge on any atom is -0.508 e. The summed E-state index contributed by atoms with van der Waals surface area (Å²) in [6, 6.07) is 29.9. The van der Waals surface area contributed by atoms with Crippen molar-refractivity contribution in [2.75, 3.05) is 7.11 Å². The van der Waals surface area contributed by atoms with Crippen molar-refractivity contribution in [3.05, 3.63) is 119 Å². The van der Waals surface area contributed by atoms with Crippen molar-refractivity contribution in [1.29, 1.82) is 0 Å². The number of benzene rings is 4. The van der Waals surface area contributed by atoms with E-state index in [9.17, 15) is 10.2 Å². The summed E-state index contributed by atoms with van der Waals surface area (Å²) in [5.74, 6) is 1.56. The van der Waals surface area contributed by atoms with Gasteiger partial charge in [-0.1, -0.05) is 76.2 Å². The van der Waals surface area contributed by atoms with Crippen LogP contribution in [0.5, 0.6) is 41.0 Å². The Hall–Kier alpha value is -5.11. The minimum atomic E-state index is -0.279. The first kappa shape index (κ1) is 28.4. The Balaban J connectivity index is 1.31. The molecule has 8 nitrogen and oxygen atoms in total. The van der Waals surface area contributed by atoms with E-state index in [2.05, 4.69) is 42.6 Å². The third-order valence-corrected chi connectivity index (χ3v) is 7.50. The summed E-state index contributed by atoms with van der Waals surface area (Å²) >= 11 is 0. The zero-order chi connectivity index (χ0) is 29.9. The van der Waals surface area contributed by atoms with Crippen LogP contribution in [0.4, 0.5) is 0 Å². The fraction of sp³-hybridized carbons (Fsp3) is 0.206. The van der Waals surface area contributed by atoms with E-state index in [0.29, 0.717) is 11.5 Å². The van der Waals surface area contributed by atoms with E-state index in [0.717, 1.165) is 22.3 Å². The lowest BCUT2D eigenvalue weighted by Gasteiger charge is -2.26. The molecule has 0 aliphatic rings. The number of nitrogens with zero attached hydrogens (tertiary/aromatic N) is 3. The van der Waals surface area contributed by atoms with Crippen molar-refractivity contribution < 1.29 is 24.4 Å². The summed E-state index contributed by atoms with van der Waals surface area (Å²) in [6.07, 6.45) is 0. The lowest BCUT2D eigenvalue weighted by atomic mass is 9.78. The van der Waals surface area contributed by atoms with E-state index < -0.39 is 0 Å². The van der Waals surface area contributed by atoms with Gasteiger partial charge in [0.15, 0.2) is 0 Å². The molecule has 214 valence electrons. The number of rotatable bonds is 9. The van der Waals surface area contributed by atoms with E-state index in [1.807, 2.05) is 72.8 Å². The van der Waals surface area contributed by atoms with Crippen LogP contribution in [0.1, 0.15) is 49.9 Å². The Morgan fingerprint density at radius 2 is 0.738 bits per heavy atom. The van der Waals surface area contributed by atoms with Gasteiger partial charge in [0.05, 0.1) is 7.11 Å². The number of hydrogen-bond acceptors (Lipinski definition) is 8. The highest BCUT2D eigenvalue weighted by Gasteiger charge is 2.24. The van der Waals surface area contributed by atoms with Gasteiger partial charge in [0, 0.05) is 10.8 Å². The van der Waals surface area contributed by atoms with Gasteiger partial charge in [-0.05, 0) is 70.8 Å². The second-order valence-electron chi connectivity index (χ2n) is 11.0. The highest BCUT2D eigenvalue weighted by Crippen LogP contribution is 2.35. The SMILES string of the molecule is COc1nc(Oc2ccc(C(C)(C)c3ccc(O)cc3)cc2)nc(Oc2ccc(C(C)(C)c3ccc(O)cc3)cc2)n1. The Labute approximate surface area is 245 Å². The number of aromatic nitrogens is 3. The molecule has 5 aromatic rings. The molecule has 5 rings (SSSR count). The summed E-state index contributed by atoms with van der Waals surface area (Å²) < 4.78 is 17.1. The predicted octanol–water partition coefficient (Wildman–Crippen LogP) is 7.53. The van der Waals surface area contributed by atoms with Crippen molar-refractivity contribution in [1.82, 2.24) is 15.0 Å². The molecular weight excluding hydrogens is 530 g/mol. The number of ether oxygens (including phenoxy) is 3. The molecule has 0 fully saturated rings. The molecule has 1 aromatic heterocycles. The van der Waals surface area contributed by atoms with E-state index >= 15 is 0 Å². The van der Waals surface area contributed by atoms with E-state index in [-0.39, 0.29) is 40.4 Å². The fourth-order valence-electron chi connectivity index (χ4n) is 4.68. The van der Waals surface area contributed by atoms with Gasteiger partial charge in [-0.3, -0.25) is 0 Å². The molecule has 4 aromatic carbocycles. The first-order valence-corrected chi connectivity index (χ1v) is 13.5. The molecule has 0 aliphatic heterocycles. The van der Waals surface area contributed by atoms with Crippen LogP contribution in [-0.4, -0.2) is 32.3 Å². The molecule has 0 amide bonds. The molecule has 0 saturated heterocycles. The molecule has 42 heavy (non-hydrogen) atoms. The summed E-state index contributed by atoms with van der Waals surface area (Å²) in [5, 5.41) is 19.3. The summed E-state index contributed by atoms with van der Waals surface area (Å²) in [7, 11) is 1.46. The number of aromatic hydroxyl groups is 2. The van der Waals surface area contributed by atoms with Gasteiger partial charge >= 0.3 is 18.0 Å². The molecule has 8 heteroatoms. The standard InChI is InChI=1S/C34H33N3O5/c1-33(2,22-6-14-26(38)15-7-22)24-10-18-28(19-11-24)41-31-35-30(40-5)36-32(37-31)42-29-20-12-25(13-21-29)34(3,4)23-8-16-27(39)17-9-23/h6-21,38-39H,1-5H3. The molecule has 0 radical (unpaired) electrons. The summed E-state index contributed by atoms with van der Waals surface area (Å²) in [6.45, 7) is 8.49. The van der Waals surface area contributed by atoms with Gasteiger partial charge in [-0.2, -0.15) is 0 Å². The van der Waals surface area contributed by atoms with Gasteiger partial charge in [0.25, 0.3) is 0 Å². The van der Waals surface area contributed by atoms with Crippen LogP contribution in [0.2, 0.25) is 0 Å². The monoisotopic (exact) mass is 563 g/mol. The van der Waals surface area contributed by atoms with Gasteiger partial charge in [-0.15, -0.1) is 15.0 Å². The Morgan fingerprint density at radius 1 is 0.452 bits per heavy atom. The number of phenols is 2. The van der Waals surface area contributed by atoms with Gasteiger partial charge < -0.3 is 24.4 Å². The van der Waals surface area contributed by atoms with Crippen LogP contribution in [0.15, 0.2) is 97.1 Å². The highest BCUT2D eigenvalue weighted by atomic mass is 16.5. The number of hydrogen-bond donors (Lipinski definition) is 2. The van der Waals surface area contributed by atoms with E-state index in [1.54, 1.807) is 24.3 Å². The normalized spacial score (nSPS) is 11.6. The van der Waals surface area contributed by atoms with E-state index in [1.165, 1.54) is 7.11 Å². The molecule has 2 N–H and O–H groups in total. The van der Waals surface area contributed by atoms with Crippen LogP contribution < -0.4 is 14.2 Å². The molecular formula is C34H33N3O5. The number of phenolic OH excluding ortho intramolecular Hbond substituents is 2. The lowest BCUT2D eigenvalue weighted by molar-refractivity contribution is 0.336. The third kappa shape index (κ3) is 6.12. The first-order chi connectivity index (χ1) is 20.0. The maximum atomic E-state index is 9.64. The fourth-order valence-corrected chi connectivity index (χ4v) is 4.68. The second-order valence-corrected chi connectivity index (χ2v) is 11.0. The van der Waals surface area contributed by atoms with Crippen molar-refractivity contribution in [3.8, 4) is 41.0 Å². The Kier molecular flexibility index (Phi) is 7.72. The third-order valence-electron chi connectivity index (χ3n) is 7.50. The second kappa shape index (κ2) is 11.4. The quantitative estimate of drug-likeness (QED) is 0.190. The molecule has 0 unspecified atom stereocenters. The molecule has 0 spiro atoms. The lowest BCUT2D eigenvalue weighted by Crippen LogP contribution is -2.18. The Morgan fingerprint density at radius 3 is 1.05 bits per heavy atom. The molecule has 1 heterocycles. The number of methoxy groups -OCH3 is 1. The van der Waals surface area contributed by atoms with Gasteiger partial charge in [-0.25, -0.2) is 0 Å². The largest absolute Gasteiger partial charge is 0.508 e. The molecule has 0 bridgehead atoms. The summed E-state index contributed by atoms with van der Waals surface area (Å²) in [5.41, 5.74) is 3.76. The maximum Gasteiger partial charge on any atom is 0.331 e. The van der Waals surface area contributed by atoms with Crippen LogP contribution in [0.25, 0.3) is 0 Å². The highest BCUT2D eigenvalue weighted by molar-refractivity contribution is 5.43. The average Bonchev–Trinajstić information content (AvgIpc) is 2.98. The molecule has 0 atom stereocenters. The van der Waals surface area contributed by atoms with Gasteiger partial charge in [0.1, 0.15) is 23.0 Å². The average molecular weight is 564 g/mol. The van der Waals surface area contributed by atoms with Crippen molar-refractivity contribution in [2.45, 2.75) is 38.5 Å². The topological polar surface area (TPSA) is 107 Å². The summed E-state index contributed by atoms with van der Waals surface area (Å²) in [4.78, 5) is 12.8. The zero-order valence-electron chi connectivity index (χ0n) is 24.2. The van der Waals surface area contributed by atoms with E-state index in [4.69, 9.17) is 14.2 Å². The van der Waals surface area contributed by atoms with Crippen molar-refractivity contribution in [3.63, 3.8) is 0 Å². The zero-order valence-corrected chi connectivity index (χ0v) is 24.2. The smallest absolute Gasteiger partial charge is 0.331 e. The maximum absolute atomic E-state index is 9.64. The van der Waals surface area contributed by atoms with Crippen LogP contribution in [0.3, 0.4) is 0 Å². The van der Waals surface area contributed by atoms with Crippen molar-refractivity contribution in [2.24, 2.45) is 0 Å². The Bertz CT molecular complexity index is 1530.